The number of para-hydroxylation sites is 1. The number of aromatic nitrogens is 1. The molecule has 0 unspecified atom stereocenters. The van der Waals surface area contributed by atoms with Crippen LogP contribution in [0.4, 0.5) is 13.2 Å². The first kappa shape index (κ1) is 12.7. The molecular weight excluding hydrogens is 243 g/mol. The first-order valence-electron chi connectivity index (χ1n) is 5.65. The van der Waals surface area contributed by atoms with Gasteiger partial charge < -0.3 is 4.98 Å². The average molecular weight is 255 g/mol. The van der Waals surface area contributed by atoms with E-state index in [1.165, 1.54) is 18.2 Å². The highest BCUT2D eigenvalue weighted by Gasteiger charge is 2.33. The third-order valence-corrected chi connectivity index (χ3v) is 2.75. The number of hydrogen-bond acceptors (Lipinski definition) is 1. The maximum Gasteiger partial charge on any atom is 0.418 e. The van der Waals surface area contributed by atoms with Crippen LogP contribution in [0.1, 0.15) is 24.6 Å². The summed E-state index contributed by atoms with van der Waals surface area (Å²) in [6.07, 6.45) is -3.15. The highest BCUT2D eigenvalue weighted by molar-refractivity contribution is 5.82. The van der Waals surface area contributed by atoms with Gasteiger partial charge in [0.15, 0.2) is 5.43 Å². The number of halogens is 3. The zero-order valence-electron chi connectivity index (χ0n) is 9.77. The molecule has 1 heterocycles. The number of hydrogen-bond donors (Lipinski definition) is 1. The number of nitrogens with one attached hydrogen (secondary N) is 1. The lowest BCUT2D eigenvalue weighted by Gasteiger charge is -2.11. The van der Waals surface area contributed by atoms with Crippen molar-refractivity contribution in [1.82, 2.24) is 4.98 Å². The van der Waals surface area contributed by atoms with Crippen LogP contribution in [0.15, 0.2) is 29.1 Å². The van der Waals surface area contributed by atoms with Gasteiger partial charge in [-0.2, -0.15) is 13.2 Å². The molecule has 0 saturated heterocycles. The highest BCUT2D eigenvalue weighted by atomic mass is 19.4. The van der Waals surface area contributed by atoms with E-state index < -0.39 is 11.7 Å². The number of pyridine rings is 1. The summed E-state index contributed by atoms with van der Waals surface area (Å²) in [5.74, 6) is 0. The summed E-state index contributed by atoms with van der Waals surface area (Å²) in [6, 6.07) is 5.00. The van der Waals surface area contributed by atoms with E-state index in [2.05, 4.69) is 4.98 Å². The Morgan fingerprint density at radius 2 is 2.00 bits per heavy atom. The van der Waals surface area contributed by atoms with Crippen LogP contribution in [0.3, 0.4) is 0 Å². The van der Waals surface area contributed by atoms with Gasteiger partial charge in [0.1, 0.15) is 0 Å². The summed E-state index contributed by atoms with van der Waals surface area (Å²) in [7, 11) is 0. The van der Waals surface area contributed by atoms with Crippen LogP contribution in [0.25, 0.3) is 10.9 Å². The standard InChI is InChI=1S/C13H12F3NO/c1-2-4-8-7-11(18)9-5-3-6-10(12(9)17-8)13(14,15)16/h3,5-7H,2,4H2,1H3,(H,17,18). The number of aromatic amines is 1. The Labute approximate surface area is 101 Å². The molecule has 0 aliphatic heterocycles. The van der Waals surface area contributed by atoms with E-state index in [1.54, 1.807) is 0 Å². The fourth-order valence-corrected chi connectivity index (χ4v) is 1.97. The quantitative estimate of drug-likeness (QED) is 0.875. The molecule has 0 aliphatic rings. The summed E-state index contributed by atoms with van der Waals surface area (Å²) in [5, 5.41) is 0.0738. The smallest absolute Gasteiger partial charge is 0.358 e. The Kier molecular flexibility index (Phi) is 3.15. The molecule has 2 rings (SSSR count). The van der Waals surface area contributed by atoms with Crippen molar-refractivity contribution in [2.45, 2.75) is 25.9 Å². The number of rotatable bonds is 2. The molecule has 2 nitrogen and oxygen atoms in total. The van der Waals surface area contributed by atoms with Crippen LogP contribution in [-0.2, 0) is 12.6 Å². The molecule has 96 valence electrons. The van der Waals surface area contributed by atoms with E-state index in [0.717, 1.165) is 12.5 Å². The molecule has 0 fully saturated rings. The molecule has 1 N–H and O–H groups in total. The fourth-order valence-electron chi connectivity index (χ4n) is 1.97. The van der Waals surface area contributed by atoms with Crippen LogP contribution in [0.5, 0.6) is 0 Å². The second-order valence-corrected chi connectivity index (χ2v) is 4.13. The molecule has 0 amide bonds. The molecule has 0 saturated carbocycles. The number of H-pyrrole nitrogens is 1. The van der Waals surface area contributed by atoms with Gasteiger partial charge in [-0.05, 0) is 18.6 Å². The number of fused-ring (bicyclic) bond motifs is 1. The largest absolute Gasteiger partial charge is 0.418 e. The lowest BCUT2D eigenvalue weighted by atomic mass is 10.1. The Morgan fingerprint density at radius 3 is 2.61 bits per heavy atom. The van der Waals surface area contributed by atoms with E-state index in [9.17, 15) is 18.0 Å². The zero-order valence-corrected chi connectivity index (χ0v) is 9.77. The van der Waals surface area contributed by atoms with Gasteiger partial charge >= 0.3 is 6.18 Å². The topological polar surface area (TPSA) is 32.9 Å². The number of aryl methyl sites for hydroxylation is 1. The molecule has 0 atom stereocenters. The molecule has 2 aromatic rings. The van der Waals surface area contributed by atoms with E-state index in [4.69, 9.17) is 0 Å². The lowest BCUT2D eigenvalue weighted by molar-refractivity contribution is -0.136. The summed E-state index contributed by atoms with van der Waals surface area (Å²) < 4.78 is 38.5. The van der Waals surface area contributed by atoms with E-state index in [0.29, 0.717) is 12.1 Å². The van der Waals surface area contributed by atoms with E-state index >= 15 is 0 Å². The van der Waals surface area contributed by atoms with E-state index in [-0.39, 0.29) is 16.3 Å². The van der Waals surface area contributed by atoms with Crippen LogP contribution in [0, 0.1) is 0 Å². The summed E-state index contributed by atoms with van der Waals surface area (Å²) in [4.78, 5) is 14.5. The van der Waals surface area contributed by atoms with Crippen molar-refractivity contribution >= 4 is 10.9 Å². The monoisotopic (exact) mass is 255 g/mol. The molecule has 0 bridgehead atoms. The normalized spacial score (nSPS) is 12.0. The Hall–Kier alpha value is -1.78. The zero-order chi connectivity index (χ0) is 13.3. The van der Waals surface area contributed by atoms with Gasteiger partial charge in [0.25, 0.3) is 0 Å². The predicted molar refractivity (Wildman–Crippen MR) is 63.6 cm³/mol. The van der Waals surface area contributed by atoms with Gasteiger partial charge in [0, 0.05) is 17.1 Å². The lowest BCUT2D eigenvalue weighted by Crippen LogP contribution is -2.11. The number of benzene rings is 1. The SMILES string of the molecule is CCCc1cc(=O)c2cccc(C(F)(F)F)c2[nH]1. The maximum atomic E-state index is 12.8. The van der Waals surface area contributed by atoms with Crippen LogP contribution in [0.2, 0.25) is 0 Å². The van der Waals surface area contributed by atoms with Crippen molar-refractivity contribution in [2.24, 2.45) is 0 Å². The molecule has 5 heteroatoms. The second kappa shape index (κ2) is 4.48. The Bertz CT molecular complexity index is 628. The van der Waals surface area contributed by atoms with Crippen LogP contribution in [-0.4, -0.2) is 4.98 Å². The Morgan fingerprint density at radius 1 is 1.28 bits per heavy atom. The van der Waals surface area contributed by atoms with Crippen molar-refractivity contribution in [2.75, 3.05) is 0 Å². The molecular formula is C13H12F3NO. The van der Waals surface area contributed by atoms with Crippen molar-refractivity contribution in [3.63, 3.8) is 0 Å². The molecule has 1 aromatic carbocycles. The van der Waals surface area contributed by atoms with E-state index in [1.807, 2.05) is 6.92 Å². The first-order chi connectivity index (χ1) is 8.43. The molecule has 0 radical (unpaired) electrons. The molecule has 0 spiro atoms. The van der Waals surface area contributed by atoms with Gasteiger partial charge in [-0.1, -0.05) is 19.4 Å². The van der Waals surface area contributed by atoms with Crippen molar-refractivity contribution in [3.05, 3.63) is 45.7 Å². The molecule has 18 heavy (non-hydrogen) atoms. The van der Waals surface area contributed by atoms with Gasteiger partial charge in [-0.3, -0.25) is 4.79 Å². The van der Waals surface area contributed by atoms with Crippen LogP contribution >= 0.6 is 0 Å². The first-order valence-corrected chi connectivity index (χ1v) is 5.65. The van der Waals surface area contributed by atoms with Crippen molar-refractivity contribution < 1.29 is 13.2 Å². The molecule has 0 aliphatic carbocycles. The van der Waals surface area contributed by atoms with Gasteiger partial charge in [0.2, 0.25) is 0 Å². The Balaban J connectivity index is 2.78. The van der Waals surface area contributed by atoms with Crippen molar-refractivity contribution in [1.29, 1.82) is 0 Å². The summed E-state index contributed by atoms with van der Waals surface area (Å²) >= 11 is 0. The second-order valence-electron chi connectivity index (χ2n) is 4.13. The number of alkyl halides is 3. The van der Waals surface area contributed by atoms with Crippen LogP contribution < -0.4 is 5.43 Å². The predicted octanol–water partition coefficient (Wildman–Crippen LogP) is 3.50. The highest BCUT2D eigenvalue weighted by Crippen LogP contribution is 2.33. The maximum absolute atomic E-state index is 12.8. The average Bonchev–Trinajstić information content (AvgIpc) is 2.27. The van der Waals surface area contributed by atoms with Gasteiger partial charge in [-0.15, -0.1) is 0 Å². The summed E-state index contributed by atoms with van der Waals surface area (Å²) in [5.41, 5.74) is -0.763. The minimum Gasteiger partial charge on any atom is -0.358 e. The van der Waals surface area contributed by atoms with Crippen molar-refractivity contribution in [3.8, 4) is 0 Å². The minimum atomic E-state index is -4.46. The minimum absolute atomic E-state index is 0.0738. The van der Waals surface area contributed by atoms with Gasteiger partial charge in [-0.25, -0.2) is 0 Å². The summed E-state index contributed by atoms with van der Waals surface area (Å²) in [6.45, 7) is 1.90. The third-order valence-electron chi connectivity index (χ3n) is 2.75. The molecule has 1 aromatic heterocycles. The fraction of sp³-hybridized carbons (Fsp3) is 0.308. The van der Waals surface area contributed by atoms with Gasteiger partial charge in [0.05, 0.1) is 11.1 Å². The third kappa shape index (κ3) is 2.25.